The Hall–Kier alpha value is -0.940. The molecule has 2 heterocycles. The normalized spacial score (nSPS) is 19.2. The molecule has 0 saturated carbocycles. The molecular weight excluding hydrogens is 236 g/mol. The van der Waals surface area contributed by atoms with Crippen molar-refractivity contribution in [2.45, 2.75) is 19.3 Å². The summed E-state index contributed by atoms with van der Waals surface area (Å²) in [6, 6.07) is 4.06. The van der Waals surface area contributed by atoms with Gasteiger partial charge >= 0.3 is 0 Å². The third-order valence-electron chi connectivity index (χ3n) is 3.34. The molecule has 0 amide bonds. The van der Waals surface area contributed by atoms with Crippen LogP contribution in [-0.4, -0.2) is 32.6 Å². The van der Waals surface area contributed by atoms with Gasteiger partial charge in [0.05, 0.1) is 0 Å². The molecule has 1 atom stereocenters. The Bertz CT molecular complexity index is 364. The second-order valence-electron chi connectivity index (χ2n) is 4.45. The highest BCUT2D eigenvalue weighted by atomic mass is 32.2. The fraction of sp³-hybridized carbons (Fsp3) is 0.583. The van der Waals surface area contributed by atoms with Crippen LogP contribution in [0.25, 0.3) is 0 Å². The molecular formula is C12H18N2O2S. The number of piperidine rings is 1. The molecule has 4 nitrogen and oxygen atoms in total. The standard InChI is InChI=1S/C12H18N2O2S/c15-17(16)10-5-11-3-8-14(9-4-11)12-1-6-13-7-2-12/h1-2,6-7,11H,3-5,8-10H2,(H,15,16). The number of pyridine rings is 1. The molecule has 0 aliphatic carbocycles. The fourth-order valence-electron chi connectivity index (χ4n) is 2.30. The highest BCUT2D eigenvalue weighted by Crippen LogP contribution is 2.24. The highest BCUT2D eigenvalue weighted by Gasteiger charge is 2.19. The Morgan fingerprint density at radius 2 is 2.00 bits per heavy atom. The largest absolute Gasteiger partial charge is 0.371 e. The lowest BCUT2D eigenvalue weighted by molar-refractivity contribution is 0.394. The molecule has 1 N–H and O–H groups in total. The molecule has 1 unspecified atom stereocenters. The summed E-state index contributed by atoms with van der Waals surface area (Å²) >= 11 is -1.63. The second-order valence-corrected chi connectivity index (χ2v) is 5.50. The molecule has 1 aromatic heterocycles. The first-order valence-electron chi connectivity index (χ1n) is 5.98. The van der Waals surface area contributed by atoms with Crippen molar-refractivity contribution in [3.63, 3.8) is 0 Å². The second kappa shape index (κ2) is 6.12. The van der Waals surface area contributed by atoms with Crippen molar-refractivity contribution in [2.24, 2.45) is 5.92 Å². The molecule has 0 aromatic carbocycles. The first-order chi connectivity index (χ1) is 8.25. The molecule has 1 aliphatic rings. The maximum Gasteiger partial charge on any atom is 0.152 e. The summed E-state index contributed by atoms with van der Waals surface area (Å²) in [5, 5.41) is 0. The molecule has 94 valence electrons. The Kier molecular flexibility index (Phi) is 4.50. The third kappa shape index (κ3) is 3.78. The van der Waals surface area contributed by atoms with Gasteiger partial charge in [-0.3, -0.25) is 4.98 Å². The van der Waals surface area contributed by atoms with E-state index < -0.39 is 11.1 Å². The Morgan fingerprint density at radius 1 is 1.35 bits per heavy atom. The van der Waals surface area contributed by atoms with E-state index in [2.05, 4.69) is 9.88 Å². The van der Waals surface area contributed by atoms with E-state index >= 15 is 0 Å². The van der Waals surface area contributed by atoms with E-state index in [9.17, 15) is 4.21 Å². The van der Waals surface area contributed by atoms with E-state index in [0.29, 0.717) is 11.7 Å². The number of anilines is 1. The lowest BCUT2D eigenvalue weighted by atomic mass is 9.94. The molecule has 1 fully saturated rings. The quantitative estimate of drug-likeness (QED) is 0.834. The monoisotopic (exact) mass is 254 g/mol. The lowest BCUT2D eigenvalue weighted by Gasteiger charge is -2.33. The number of rotatable bonds is 4. The first kappa shape index (κ1) is 12.5. The summed E-state index contributed by atoms with van der Waals surface area (Å²) in [6.45, 7) is 2.07. The summed E-state index contributed by atoms with van der Waals surface area (Å²) in [5.74, 6) is 1.02. The number of nitrogens with zero attached hydrogens (tertiary/aromatic N) is 2. The molecule has 5 heteroatoms. The Balaban J connectivity index is 1.80. The van der Waals surface area contributed by atoms with Crippen LogP contribution >= 0.6 is 0 Å². The SMILES string of the molecule is O=S(O)CCC1CCN(c2ccncc2)CC1. The van der Waals surface area contributed by atoms with Gasteiger partial charge in [0.2, 0.25) is 0 Å². The minimum absolute atomic E-state index is 0.417. The average Bonchev–Trinajstić information content (AvgIpc) is 2.38. The summed E-state index contributed by atoms with van der Waals surface area (Å²) in [7, 11) is 0. The number of hydrogen-bond donors (Lipinski definition) is 1. The van der Waals surface area contributed by atoms with Crippen molar-refractivity contribution >= 4 is 16.8 Å². The number of hydrogen-bond acceptors (Lipinski definition) is 3. The molecule has 0 radical (unpaired) electrons. The van der Waals surface area contributed by atoms with Crippen LogP contribution in [0.5, 0.6) is 0 Å². The van der Waals surface area contributed by atoms with E-state index in [-0.39, 0.29) is 0 Å². The average molecular weight is 254 g/mol. The molecule has 0 spiro atoms. The predicted molar refractivity (Wildman–Crippen MR) is 69.4 cm³/mol. The molecule has 1 aromatic rings. The van der Waals surface area contributed by atoms with Crippen LogP contribution in [0.1, 0.15) is 19.3 Å². The third-order valence-corrected chi connectivity index (χ3v) is 3.93. The van der Waals surface area contributed by atoms with Crippen LogP contribution in [0, 0.1) is 5.92 Å². The zero-order valence-electron chi connectivity index (χ0n) is 9.79. The van der Waals surface area contributed by atoms with E-state index in [1.165, 1.54) is 5.69 Å². The van der Waals surface area contributed by atoms with Gasteiger partial charge in [-0.1, -0.05) is 0 Å². The topological polar surface area (TPSA) is 53.4 Å². The van der Waals surface area contributed by atoms with Crippen molar-refractivity contribution in [1.29, 1.82) is 0 Å². The van der Waals surface area contributed by atoms with Gasteiger partial charge in [-0.2, -0.15) is 0 Å². The maximum absolute atomic E-state index is 10.6. The molecule has 2 rings (SSSR count). The van der Waals surface area contributed by atoms with Crippen LogP contribution < -0.4 is 4.90 Å². The van der Waals surface area contributed by atoms with Crippen molar-refractivity contribution < 1.29 is 8.76 Å². The van der Waals surface area contributed by atoms with Crippen molar-refractivity contribution in [1.82, 2.24) is 4.98 Å². The van der Waals surface area contributed by atoms with Crippen LogP contribution in [0.4, 0.5) is 5.69 Å². The minimum atomic E-state index is -1.63. The minimum Gasteiger partial charge on any atom is -0.371 e. The van der Waals surface area contributed by atoms with Crippen LogP contribution in [0.3, 0.4) is 0 Å². The van der Waals surface area contributed by atoms with Crippen LogP contribution in [0.2, 0.25) is 0 Å². The number of aromatic nitrogens is 1. The first-order valence-corrected chi connectivity index (χ1v) is 7.25. The van der Waals surface area contributed by atoms with E-state index in [1.807, 2.05) is 24.5 Å². The van der Waals surface area contributed by atoms with Crippen LogP contribution in [-0.2, 0) is 11.1 Å². The van der Waals surface area contributed by atoms with E-state index in [4.69, 9.17) is 4.55 Å². The summed E-state index contributed by atoms with van der Waals surface area (Å²) in [6.07, 6.45) is 6.72. The highest BCUT2D eigenvalue weighted by molar-refractivity contribution is 7.79. The van der Waals surface area contributed by atoms with Gasteiger partial charge in [0.15, 0.2) is 11.1 Å². The Labute approximate surface area is 104 Å². The fourth-order valence-corrected chi connectivity index (χ4v) is 2.84. The van der Waals surface area contributed by atoms with Crippen molar-refractivity contribution in [3.05, 3.63) is 24.5 Å². The zero-order chi connectivity index (χ0) is 12.1. The molecule has 1 saturated heterocycles. The summed E-state index contributed by atoms with van der Waals surface area (Å²) in [5.41, 5.74) is 1.23. The molecule has 17 heavy (non-hydrogen) atoms. The smallest absolute Gasteiger partial charge is 0.152 e. The van der Waals surface area contributed by atoms with Crippen molar-refractivity contribution in [3.8, 4) is 0 Å². The zero-order valence-corrected chi connectivity index (χ0v) is 10.6. The lowest BCUT2D eigenvalue weighted by Crippen LogP contribution is -2.34. The van der Waals surface area contributed by atoms with Gasteiger partial charge in [-0.05, 0) is 37.3 Å². The van der Waals surface area contributed by atoms with E-state index in [0.717, 1.165) is 32.4 Å². The molecule has 0 bridgehead atoms. The van der Waals surface area contributed by atoms with Gasteiger partial charge in [-0.25, -0.2) is 4.21 Å². The summed E-state index contributed by atoms with van der Waals surface area (Å²) < 4.78 is 19.4. The van der Waals surface area contributed by atoms with Gasteiger partial charge in [-0.15, -0.1) is 0 Å². The van der Waals surface area contributed by atoms with Gasteiger partial charge in [0.25, 0.3) is 0 Å². The van der Waals surface area contributed by atoms with Gasteiger partial charge < -0.3 is 9.45 Å². The van der Waals surface area contributed by atoms with Gasteiger partial charge in [0.1, 0.15) is 0 Å². The molecule has 1 aliphatic heterocycles. The van der Waals surface area contributed by atoms with Crippen LogP contribution in [0.15, 0.2) is 24.5 Å². The predicted octanol–water partition coefficient (Wildman–Crippen LogP) is 1.91. The Morgan fingerprint density at radius 3 is 2.59 bits per heavy atom. The maximum atomic E-state index is 10.6. The van der Waals surface area contributed by atoms with Gasteiger partial charge in [0, 0.05) is 36.9 Å². The summed E-state index contributed by atoms with van der Waals surface area (Å²) in [4.78, 5) is 6.37. The van der Waals surface area contributed by atoms with E-state index in [1.54, 1.807) is 0 Å². The van der Waals surface area contributed by atoms with Crippen molar-refractivity contribution in [2.75, 3.05) is 23.7 Å².